The van der Waals surface area contributed by atoms with Gasteiger partial charge in [0.1, 0.15) is 5.75 Å². The van der Waals surface area contributed by atoms with Crippen LogP contribution in [-0.4, -0.2) is 44.4 Å². The van der Waals surface area contributed by atoms with Gasteiger partial charge in [0.15, 0.2) is 0 Å². The number of hydrogen-bond donors (Lipinski definition) is 1. The number of para-hydroxylation sites is 1. The summed E-state index contributed by atoms with van der Waals surface area (Å²) >= 11 is 0. The molecule has 1 aromatic heterocycles. The molecule has 1 N–H and O–H groups in total. The van der Waals surface area contributed by atoms with Crippen LogP contribution in [0, 0.1) is 13.8 Å². The van der Waals surface area contributed by atoms with E-state index < -0.39 is 11.6 Å². The summed E-state index contributed by atoms with van der Waals surface area (Å²) in [5.41, 5.74) is 2.36. The Balaban J connectivity index is 1.69. The zero-order chi connectivity index (χ0) is 18.7. The Bertz CT molecular complexity index is 762. The van der Waals surface area contributed by atoms with Gasteiger partial charge in [-0.05, 0) is 32.9 Å². The van der Waals surface area contributed by atoms with Crippen molar-refractivity contribution in [3.8, 4) is 5.75 Å². The molecule has 2 heterocycles. The van der Waals surface area contributed by atoms with Gasteiger partial charge in [-0.1, -0.05) is 18.2 Å². The second-order valence-electron chi connectivity index (χ2n) is 6.96. The van der Waals surface area contributed by atoms with Crippen LogP contribution in [0.3, 0.4) is 0 Å². The first-order valence-electron chi connectivity index (χ1n) is 9.18. The van der Waals surface area contributed by atoms with Gasteiger partial charge in [0.2, 0.25) is 5.60 Å². The second kappa shape index (κ2) is 7.50. The molecular weight excluding hydrogens is 330 g/mol. The van der Waals surface area contributed by atoms with Gasteiger partial charge in [-0.2, -0.15) is 5.10 Å². The summed E-state index contributed by atoms with van der Waals surface area (Å²) < 4.78 is 7.95. The van der Waals surface area contributed by atoms with E-state index in [-0.39, 0.29) is 0 Å². The van der Waals surface area contributed by atoms with Crippen LogP contribution in [0.4, 0.5) is 0 Å². The van der Waals surface area contributed by atoms with Gasteiger partial charge in [0.05, 0.1) is 5.69 Å². The number of carboxylic acids is 1. The zero-order valence-corrected chi connectivity index (χ0v) is 15.7. The fourth-order valence-electron chi connectivity index (χ4n) is 3.64. The van der Waals surface area contributed by atoms with Crippen molar-refractivity contribution in [2.45, 2.75) is 52.3 Å². The van der Waals surface area contributed by atoms with E-state index in [1.807, 2.05) is 41.9 Å². The molecule has 1 aromatic carbocycles. The minimum Gasteiger partial charge on any atom is -0.478 e. The Morgan fingerprint density at radius 2 is 1.88 bits per heavy atom. The van der Waals surface area contributed by atoms with E-state index in [1.165, 1.54) is 11.3 Å². The third-order valence-corrected chi connectivity index (χ3v) is 5.32. The third-order valence-electron chi connectivity index (χ3n) is 5.32. The number of carbonyl (C=O) groups is 1. The molecule has 0 spiro atoms. The van der Waals surface area contributed by atoms with Crippen molar-refractivity contribution in [1.29, 1.82) is 0 Å². The van der Waals surface area contributed by atoms with Gasteiger partial charge in [-0.3, -0.25) is 9.58 Å². The number of aromatic nitrogens is 2. The first-order chi connectivity index (χ1) is 12.4. The summed E-state index contributed by atoms with van der Waals surface area (Å²) in [5, 5.41) is 14.4. The van der Waals surface area contributed by atoms with E-state index >= 15 is 0 Å². The Morgan fingerprint density at radius 3 is 2.42 bits per heavy atom. The minimum atomic E-state index is -1.14. The first-order valence-corrected chi connectivity index (χ1v) is 9.18. The molecule has 6 nitrogen and oxygen atoms in total. The normalized spacial score (nSPS) is 17.2. The van der Waals surface area contributed by atoms with Crippen molar-refractivity contribution in [1.82, 2.24) is 14.7 Å². The number of aliphatic carboxylic acids is 1. The monoisotopic (exact) mass is 357 g/mol. The molecule has 1 fully saturated rings. The van der Waals surface area contributed by atoms with Crippen LogP contribution >= 0.6 is 0 Å². The van der Waals surface area contributed by atoms with Gasteiger partial charge >= 0.3 is 5.97 Å². The molecule has 0 bridgehead atoms. The molecule has 26 heavy (non-hydrogen) atoms. The Labute approximate surface area is 154 Å². The minimum absolute atomic E-state index is 0.469. The molecule has 0 saturated carbocycles. The number of ether oxygens (including phenoxy) is 1. The Morgan fingerprint density at radius 1 is 1.23 bits per heavy atom. The standard InChI is InChI=1S/C20H27N3O3/c1-4-23-16(3)18(15(2)21-23)14-22-12-10-20(11-13-22,19(24)25)26-17-8-6-5-7-9-17/h5-9H,4,10-14H2,1-3H3,(H,24,25). The maximum atomic E-state index is 11.9. The number of benzene rings is 1. The number of rotatable bonds is 6. The molecule has 0 amide bonds. The number of carboxylic acid groups (broad SMARTS) is 1. The Kier molecular flexibility index (Phi) is 5.32. The molecule has 0 aliphatic carbocycles. The van der Waals surface area contributed by atoms with E-state index in [4.69, 9.17) is 4.74 Å². The maximum absolute atomic E-state index is 11.9. The van der Waals surface area contributed by atoms with Crippen molar-refractivity contribution in [2.75, 3.05) is 13.1 Å². The highest BCUT2D eigenvalue weighted by atomic mass is 16.5. The predicted octanol–water partition coefficient (Wildman–Crippen LogP) is 3.02. The van der Waals surface area contributed by atoms with Crippen molar-refractivity contribution in [3.63, 3.8) is 0 Å². The van der Waals surface area contributed by atoms with Crippen molar-refractivity contribution in [2.24, 2.45) is 0 Å². The topological polar surface area (TPSA) is 67.6 Å². The van der Waals surface area contributed by atoms with Crippen molar-refractivity contribution in [3.05, 3.63) is 47.3 Å². The SMILES string of the molecule is CCn1nc(C)c(CN2CCC(Oc3ccccc3)(C(=O)O)CC2)c1C. The van der Waals surface area contributed by atoms with E-state index in [1.54, 1.807) is 0 Å². The molecule has 1 aliphatic rings. The van der Waals surface area contributed by atoms with E-state index in [2.05, 4.69) is 23.8 Å². The third kappa shape index (κ3) is 3.60. The van der Waals surface area contributed by atoms with E-state index in [0.29, 0.717) is 31.7 Å². The average molecular weight is 357 g/mol. The predicted molar refractivity (Wildman–Crippen MR) is 99.3 cm³/mol. The highest BCUT2D eigenvalue weighted by Gasteiger charge is 2.44. The van der Waals surface area contributed by atoms with Gasteiger partial charge < -0.3 is 9.84 Å². The van der Waals surface area contributed by atoms with Gasteiger partial charge in [-0.25, -0.2) is 4.79 Å². The van der Waals surface area contributed by atoms with Crippen LogP contribution in [0.5, 0.6) is 5.75 Å². The van der Waals surface area contributed by atoms with Crippen LogP contribution in [0.2, 0.25) is 0 Å². The molecule has 2 aromatic rings. The van der Waals surface area contributed by atoms with Gasteiger partial charge in [-0.15, -0.1) is 0 Å². The lowest BCUT2D eigenvalue weighted by atomic mass is 9.90. The number of aryl methyl sites for hydroxylation is 2. The molecule has 1 aliphatic heterocycles. The lowest BCUT2D eigenvalue weighted by molar-refractivity contribution is -0.159. The van der Waals surface area contributed by atoms with Crippen LogP contribution in [-0.2, 0) is 17.9 Å². The number of nitrogens with zero attached hydrogens (tertiary/aromatic N) is 3. The van der Waals surface area contributed by atoms with E-state index in [0.717, 1.165) is 18.8 Å². The summed E-state index contributed by atoms with van der Waals surface area (Å²) in [5.74, 6) is -0.272. The van der Waals surface area contributed by atoms with Crippen LogP contribution in [0.25, 0.3) is 0 Å². The van der Waals surface area contributed by atoms with Crippen molar-refractivity contribution < 1.29 is 14.6 Å². The van der Waals surface area contributed by atoms with Gasteiger partial charge in [0, 0.05) is 50.3 Å². The van der Waals surface area contributed by atoms with Crippen LogP contribution < -0.4 is 4.74 Å². The summed E-state index contributed by atoms with van der Waals surface area (Å²) in [6.07, 6.45) is 0.939. The molecule has 0 radical (unpaired) electrons. The number of piperidine rings is 1. The summed E-state index contributed by atoms with van der Waals surface area (Å²) in [7, 11) is 0. The lowest BCUT2D eigenvalue weighted by Crippen LogP contribution is -2.53. The average Bonchev–Trinajstić information content (AvgIpc) is 2.91. The maximum Gasteiger partial charge on any atom is 0.348 e. The first kappa shape index (κ1) is 18.5. The molecule has 6 heteroatoms. The molecule has 140 valence electrons. The van der Waals surface area contributed by atoms with E-state index in [9.17, 15) is 9.90 Å². The van der Waals surface area contributed by atoms with Crippen LogP contribution in [0.1, 0.15) is 36.7 Å². The summed E-state index contributed by atoms with van der Waals surface area (Å²) in [6.45, 7) is 9.27. The molecule has 3 rings (SSSR count). The molecule has 0 atom stereocenters. The molecular formula is C20H27N3O3. The Hall–Kier alpha value is -2.34. The molecule has 0 unspecified atom stereocenters. The number of likely N-dealkylation sites (tertiary alicyclic amines) is 1. The largest absolute Gasteiger partial charge is 0.478 e. The van der Waals surface area contributed by atoms with Gasteiger partial charge in [0.25, 0.3) is 0 Å². The second-order valence-corrected chi connectivity index (χ2v) is 6.96. The van der Waals surface area contributed by atoms with Crippen molar-refractivity contribution >= 4 is 5.97 Å². The zero-order valence-electron chi connectivity index (χ0n) is 15.7. The summed E-state index contributed by atoms with van der Waals surface area (Å²) in [4.78, 5) is 14.2. The highest BCUT2D eigenvalue weighted by molar-refractivity contribution is 5.78. The number of hydrogen-bond acceptors (Lipinski definition) is 4. The highest BCUT2D eigenvalue weighted by Crippen LogP contribution is 2.30. The summed E-state index contributed by atoms with van der Waals surface area (Å²) in [6, 6.07) is 9.23. The lowest BCUT2D eigenvalue weighted by Gasteiger charge is -2.38. The molecule has 1 saturated heterocycles. The fourth-order valence-corrected chi connectivity index (χ4v) is 3.64. The quantitative estimate of drug-likeness (QED) is 0.861. The van der Waals surface area contributed by atoms with Crippen LogP contribution in [0.15, 0.2) is 30.3 Å². The smallest absolute Gasteiger partial charge is 0.348 e. The fraction of sp³-hybridized carbons (Fsp3) is 0.500.